The second kappa shape index (κ2) is 5.04. The highest BCUT2D eigenvalue weighted by Crippen LogP contribution is 2.42. The molecule has 90 valence electrons. The van der Waals surface area contributed by atoms with Crippen LogP contribution in [0.2, 0.25) is 0 Å². The van der Waals surface area contributed by atoms with Crippen LogP contribution >= 0.6 is 23.1 Å². The zero-order valence-electron chi connectivity index (χ0n) is 9.69. The Morgan fingerprint density at radius 3 is 2.88 bits per heavy atom. The number of nitrogens with zero attached hydrogens (tertiary/aromatic N) is 1. The molecule has 0 amide bonds. The van der Waals surface area contributed by atoms with E-state index in [0.717, 1.165) is 15.8 Å². The number of aliphatic hydroxyl groups excluding tert-OH is 1. The van der Waals surface area contributed by atoms with E-state index < -0.39 is 0 Å². The Kier molecular flexibility index (Phi) is 3.89. The molecule has 1 unspecified atom stereocenters. The van der Waals surface area contributed by atoms with E-state index in [1.54, 1.807) is 23.1 Å². The number of aryl methyl sites for hydroxylation is 1. The molecule has 1 aliphatic rings. The first-order chi connectivity index (χ1) is 7.70. The summed E-state index contributed by atoms with van der Waals surface area (Å²) >= 11 is 3.44. The summed E-state index contributed by atoms with van der Waals surface area (Å²) in [5, 5.41) is 15.0. The minimum atomic E-state index is -0.107. The number of hydrogen-bond acceptors (Lipinski definition) is 5. The number of aromatic nitrogens is 1. The van der Waals surface area contributed by atoms with Gasteiger partial charge in [-0.1, -0.05) is 11.8 Å². The maximum atomic E-state index is 9.58. The highest BCUT2D eigenvalue weighted by Gasteiger charge is 2.43. The second-order valence-electron chi connectivity index (χ2n) is 4.38. The van der Waals surface area contributed by atoms with Gasteiger partial charge in [-0.3, -0.25) is 0 Å². The van der Waals surface area contributed by atoms with Gasteiger partial charge in [0.15, 0.2) is 0 Å². The molecule has 1 fully saturated rings. The van der Waals surface area contributed by atoms with Crippen LogP contribution in [0.4, 0.5) is 0 Å². The summed E-state index contributed by atoms with van der Waals surface area (Å²) in [5.41, 5.74) is 0.975. The van der Waals surface area contributed by atoms with Crippen molar-refractivity contribution in [1.29, 1.82) is 0 Å². The Morgan fingerprint density at radius 2 is 2.44 bits per heavy atom. The van der Waals surface area contributed by atoms with Gasteiger partial charge in [0.05, 0.1) is 12.1 Å². The molecule has 1 heterocycles. The molecule has 1 atom stereocenters. The van der Waals surface area contributed by atoms with Crippen molar-refractivity contribution in [2.45, 2.75) is 29.6 Å². The molecule has 2 N–H and O–H groups in total. The third kappa shape index (κ3) is 2.59. The van der Waals surface area contributed by atoms with Crippen LogP contribution in [0, 0.1) is 12.8 Å². The summed E-state index contributed by atoms with van der Waals surface area (Å²) in [7, 11) is 1.95. The minimum absolute atomic E-state index is 0.107. The van der Waals surface area contributed by atoms with E-state index in [4.69, 9.17) is 0 Å². The standard InChI is InChI=1S/C11H18N2OS2/c1-8-5-15-10(13-8)16-7-11(6-14,12-2)9-3-4-9/h5,9,12,14H,3-4,6-7H2,1-2H3. The van der Waals surface area contributed by atoms with Gasteiger partial charge < -0.3 is 10.4 Å². The number of thiazole rings is 1. The van der Waals surface area contributed by atoms with Crippen molar-refractivity contribution in [3.63, 3.8) is 0 Å². The van der Waals surface area contributed by atoms with Crippen LogP contribution in [-0.2, 0) is 0 Å². The summed E-state index contributed by atoms with van der Waals surface area (Å²) < 4.78 is 1.10. The van der Waals surface area contributed by atoms with Gasteiger partial charge in [0, 0.05) is 16.8 Å². The van der Waals surface area contributed by atoms with Gasteiger partial charge in [0.25, 0.3) is 0 Å². The number of likely N-dealkylation sites (N-methyl/N-ethyl adjacent to an activating group) is 1. The maximum Gasteiger partial charge on any atom is 0.150 e. The third-order valence-corrected chi connectivity index (χ3v) is 5.58. The van der Waals surface area contributed by atoms with Crippen LogP contribution in [0.1, 0.15) is 18.5 Å². The Hall–Kier alpha value is -0.100. The average molecular weight is 258 g/mol. The number of rotatable bonds is 6. The van der Waals surface area contributed by atoms with Crippen molar-refractivity contribution in [3.8, 4) is 0 Å². The molecule has 1 aromatic rings. The molecule has 16 heavy (non-hydrogen) atoms. The van der Waals surface area contributed by atoms with Gasteiger partial charge in [-0.15, -0.1) is 11.3 Å². The third-order valence-electron chi connectivity index (χ3n) is 3.19. The smallest absolute Gasteiger partial charge is 0.150 e. The lowest BCUT2D eigenvalue weighted by molar-refractivity contribution is 0.167. The lowest BCUT2D eigenvalue weighted by atomic mass is 9.97. The molecule has 1 aromatic heterocycles. The first-order valence-corrected chi connectivity index (χ1v) is 7.41. The van der Waals surface area contributed by atoms with Crippen molar-refractivity contribution in [1.82, 2.24) is 10.3 Å². The minimum Gasteiger partial charge on any atom is -0.394 e. The quantitative estimate of drug-likeness (QED) is 0.765. The molecule has 0 radical (unpaired) electrons. The number of aliphatic hydroxyl groups is 1. The van der Waals surface area contributed by atoms with Crippen LogP contribution in [0.15, 0.2) is 9.72 Å². The maximum absolute atomic E-state index is 9.58. The molecule has 0 aromatic carbocycles. The van der Waals surface area contributed by atoms with E-state index in [-0.39, 0.29) is 12.1 Å². The fourth-order valence-electron chi connectivity index (χ4n) is 1.87. The zero-order chi connectivity index (χ0) is 11.6. The fourth-order valence-corrected chi connectivity index (χ4v) is 4.05. The fraction of sp³-hybridized carbons (Fsp3) is 0.727. The van der Waals surface area contributed by atoms with E-state index in [1.165, 1.54) is 12.8 Å². The van der Waals surface area contributed by atoms with Crippen molar-refractivity contribution in [2.24, 2.45) is 5.92 Å². The largest absolute Gasteiger partial charge is 0.394 e. The summed E-state index contributed by atoms with van der Waals surface area (Å²) in [6.45, 7) is 2.23. The lowest BCUT2D eigenvalue weighted by Crippen LogP contribution is -2.51. The zero-order valence-corrected chi connectivity index (χ0v) is 11.3. The molecule has 3 nitrogen and oxygen atoms in total. The van der Waals surface area contributed by atoms with E-state index in [1.807, 2.05) is 14.0 Å². The average Bonchev–Trinajstić information content (AvgIpc) is 3.06. The number of nitrogens with one attached hydrogen (secondary N) is 1. The Balaban J connectivity index is 1.96. The summed E-state index contributed by atoms with van der Waals surface area (Å²) in [5.74, 6) is 1.54. The molecule has 1 saturated carbocycles. The van der Waals surface area contributed by atoms with Gasteiger partial charge in [-0.2, -0.15) is 0 Å². The van der Waals surface area contributed by atoms with Gasteiger partial charge in [-0.05, 0) is 32.7 Å². The first kappa shape index (κ1) is 12.4. The van der Waals surface area contributed by atoms with Crippen LogP contribution in [0.3, 0.4) is 0 Å². The molecule has 0 saturated heterocycles. The van der Waals surface area contributed by atoms with Crippen molar-refractivity contribution in [2.75, 3.05) is 19.4 Å². The summed E-state index contributed by atoms with van der Waals surface area (Å²) in [6, 6.07) is 0. The molecular formula is C11H18N2OS2. The topological polar surface area (TPSA) is 45.1 Å². The van der Waals surface area contributed by atoms with Gasteiger partial charge in [0.1, 0.15) is 4.34 Å². The van der Waals surface area contributed by atoms with Gasteiger partial charge in [0.2, 0.25) is 0 Å². The monoisotopic (exact) mass is 258 g/mol. The lowest BCUT2D eigenvalue weighted by Gasteiger charge is -2.31. The van der Waals surface area contributed by atoms with Gasteiger partial charge in [-0.25, -0.2) is 4.98 Å². The van der Waals surface area contributed by atoms with E-state index in [9.17, 15) is 5.11 Å². The highest BCUT2D eigenvalue weighted by atomic mass is 32.2. The van der Waals surface area contributed by atoms with E-state index in [0.29, 0.717) is 5.92 Å². The molecule has 5 heteroatoms. The number of hydrogen-bond donors (Lipinski definition) is 2. The highest BCUT2D eigenvalue weighted by molar-refractivity contribution is 8.01. The van der Waals surface area contributed by atoms with E-state index in [2.05, 4.69) is 15.7 Å². The SMILES string of the molecule is CNC(CO)(CSc1nc(C)cs1)C1CC1. The van der Waals surface area contributed by atoms with Crippen LogP contribution in [0.25, 0.3) is 0 Å². The Morgan fingerprint density at radius 1 is 1.69 bits per heavy atom. The Bertz CT molecular complexity index is 346. The van der Waals surface area contributed by atoms with Crippen molar-refractivity contribution >= 4 is 23.1 Å². The second-order valence-corrected chi connectivity index (χ2v) is 6.46. The first-order valence-electron chi connectivity index (χ1n) is 5.55. The summed E-state index contributed by atoms with van der Waals surface area (Å²) in [4.78, 5) is 4.43. The Labute approximate surface area is 105 Å². The van der Waals surface area contributed by atoms with E-state index >= 15 is 0 Å². The number of thioether (sulfide) groups is 1. The molecule has 0 aliphatic heterocycles. The van der Waals surface area contributed by atoms with Crippen LogP contribution in [-0.4, -0.2) is 35.0 Å². The summed E-state index contributed by atoms with van der Waals surface area (Å²) in [6.07, 6.45) is 2.47. The molecule has 0 spiro atoms. The van der Waals surface area contributed by atoms with Gasteiger partial charge >= 0.3 is 0 Å². The van der Waals surface area contributed by atoms with Crippen molar-refractivity contribution in [3.05, 3.63) is 11.1 Å². The molecular weight excluding hydrogens is 240 g/mol. The molecule has 2 rings (SSSR count). The van der Waals surface area contributed by atoms with Crippen molar-refractivity contribution < 1.29 is 5.11 Å². The normalized spacial score (nSPS) is 19.7. The van der Waals surface area contributed by atoms with Crippen LogP contribution < -0.4 is 5.32 Å². The molecule has 1 aliphatic carbocycles. The predicted molar refractivity (Wildman–Crippen MR) is 69.2 cm³/mol. The molecule has 0 bridgehead atoms. The predicted octanol–water partition coefficient (Wildman–Crippen LogP) is 1.90. The van der Waals surface area contributed by atoms with Crippen LogP contribution in [0.5, 0.6) is 0 Å².